The van der Waals surface area contributed by atoms with Crippen LogP contribution in [0, 0.1) is 13.8 Å². The molecule has 0 aliphatic carbocycles. The van der Waals surface area contributed by atoms with Gasteiger partial charge in [-0.2, -0.15) is 0 Å². The van der Waals surface area contributed by atoms with Gasteiger partial charge in [-0.05, 0) is 54.8 Å². The largest absolute Gasteiger partial charge is 0.452 e. The summed E-state index contributed by atoms with van der Waals surface area (Å²) in [6.45, 7) is 4.01. The molecular weight excluding hydrogens is 358 g/mol. The van der Waals surface area contributed by atoms with E-state index in [9.17, 15) is 9.59 Å². The Morgan fingerprint density at radius 1 is 1.04 bits per heavy atom. The molecule has 23 heavy (non-hydrogen) atoms. The number of nitrogens with one attached hydrogen (secondary N) is 1. The number of hydrogen-bond acceptors (Lipinski definition) is 3. The predicted octanol–water partition coefficient (Wildman–Crippen LogP) is 3.54. The molecule has 0 spiro atoms. The van der Waals surface area contributed by atoms with Gasteiger partial charge < -0.3 is 10.1 Å². The summed E-state index contributed by atoms with van der Waals surface area (Å²) in [5.41, 5.74) is 3.55. The van der Waals surface area contributed by atoms with Crippen molar-refractivity contribution in [2.75, 3.05) is 6.61 Å². The Morgan fingerprint density at radius 3 is 2.39 bits per heavy atom. The van der Waals surface area contributed by atoms with Gasteiger partial charge in [0.2, 0.25) is 0 Å². The molecule has 0 radical (unpaired) electrons. The van der Waals surface area contributed by atoms with Crippen molar-refractivity contribution in [1.82, 2.24) is 5.32 Å². The number of carbonyl (C=O) groups is 2. The van der Waals surface area contributed by atoms with Crippen molar-refractivity contribution in [3.63, 3.8) is 0 Å². The van der Waals surface area contributed by atoms with Crippen LogP contribution in [0.4, 0.5) is 0 Å². The van der Waals surface area contributed by atoms with Crippen LogP contribution in [0.15, 0.2) is 46.9 Å². The Morgan fingerprint density at radius 2 is 1.74 bits per heavy atom. The highest BCUT2D eigenvalue weighted by molar-refractivity contribution is 9.10. The van der Waals surface area contributed by atoms with Crippen molar-refractivity contribution in [2.45, 2.75) is 20.4 Å². The Bertz CT molecular complexity index is 711. The van der Waals surface area contributed by atoms with E-state index in [4.69, 9.17) is 4.74 Å². The molecule has 0 unspecified atom stereocenters. The number of hydrogen-bond donors (Lipinski definition) is 1. The molecule has 0 bridgehead atoms. The monoisotopic (exact) mass is 375 g/mol. The van der Waals surface area contributed by atoms with Crippen LogP contribution in [-0.2, 0) is 16.1 Å². The zero-order chi connectivity index (χ0) is 16.8. The SMILES string of the molecule is Cc1ccc(C(=O)OCC(=O)NCc2ccc(Br)cc2)cc1C. The van der Waals surface area contributed by atoms with Crippen LogP contribution in [0.2, 0.25) is 0 Å². The number of rotatable bonds is 5. The van der Waals surface area contributed by atoms with Gasteiger partial charge in [-0.15, -0.1) is 0 Å². The van der Waals surface area contributed by atoms with Gasteiger partial charge in [-0.1, -0.05) is 34.1 Å². The van der Waals surface area contributed by atoms with Crippen LogP contribution >= 0.6 is 15.9 Å². The van der Waals surface area contributed by atoms with E-state index < -0.39 is 5.97 Å². The fraction of sp³-hybridized carbons (Fsp3) is 0.222. The average molecular weight is 376 g/mol. The maximum absolute atomic E-state index is 11.9. The maximum atomic E-state index is 11.9. The van der Waals surface area contributed by atoms with Crippen LogP contribution in [0.1, 0.15) is 27.0 Å². The number of ether oxygens (including phenoxy) is 1. The van der Waals surface area contributed by atoms with E-state index in [1.54, 1.807) is 12.1 Å². The summed E-state index contributed by atoms with van der Waals surface area (Å²) in [5, 5.41) is 2.71. The topological polar surface area (TPSA) is 55.4 Å². The molecule has 0 heterocycles. The third-order valence-electron chi connectivity index (χ3n) is 3.48. The molecule has 0 fully saturated rings. The Labute approximate surface area is 144 Å². The van der Waals surface area contributed by atoms with E-state index in [-0.39, 0.29) is 12.5 Å². The summed E-state index contributed by atoms with van der Waals surface area (Å²) in [6, 6.07) is 12.9. The zero-order valence-corrected chi connectivity index (χ0v) is 14.6. The molecule has 2 rings (SSSR count). The van der Waals surface area contributed by atoms with Gasteiger partial charge in [0.1, 0.15) is 0 Å². The van der Waals surface area contributed by atoms with E-state index >= 15 is 0 Å². The molecule has 0 aliphatic heterocycles. The first-order chi connectivity index (χ1) is 11.0. The van der Waals surface area contributed by atoms with Gasteiger partial charge in [-0.25, -0.2) is 4.79 Å². The molecule has 0 saturated heterocycles. The van der Waals surface area contributed by atoms with E-state index in [1.165, 1.54) is 0 Å². The van der Waals surface area contributed by atoms with Crippen molar-refractivity contribution in [3.05, 3.63) is 69.2 Å². The minimum atomic E-state index is -0.494. The first kappa shape index (κ1) is 17.2. The van der Waals surface area contributed by atoms with E-state index in [0.29, 0.717) is 12.1 Å². The highest BCUT2D eigenvalue weighted by Crippen LogP contribution is 2.11. The molecule has 0 atom stereocenters. The fourth-order valence-electron chi connectivity index (χ4n) is 1.94. The quantitative estimate of drug-likeness (QED) is 0.813. The lowest BCUT2D eigenvalue weighted by Gasteiger charge is -2.08. The van der Waals surface area contributed by atoms with Crippen molar-refractivity contribution in [3.8, 4) is 0 Å². The summed E-state index contributed by atoms with van der Waals surface area (Å²) in [4.78, 5) is 23.7. The maximum Gasteiger partial charge on any atom is 0.338 e. The standard InChI is InChI=1S/C18H18BrNO3/c1-12-3-6-15(9-13(12)2)18(22)23-11-17(21)20-10-14-4-7-16(19)8-5-14/h3-9H,10-11H2,1-2H3,(H,20,21). The summed E-state index contributed by atoms with van der Waals surface area (Å²) in [6.07, 6.45) is 0. The lowest BCUT2D eigenvalue weighted by Crippen LogP contribution is -2.28. The smallest absolute Gasteiger partial charge is 0.338 e. The molecule has 5 heteroatoms. The summed E-state index contributed by atoms with van der Waals surface area (Å²) in [7, 11) is 0. The molecule has 2 aromatic carbocycles. The molecule has 1 amide bonds. The van der Waals surface area contributed by atoms with Crippen LogP contribution < -0.4 is 5.32 Å². The molecule has 1 N–H and O–H groups in total. The highest BCUT2D eigenvalue weighted by Gasteiger charge is 2.10. The number of esters is 1. The second kappa shape index (κ2) is 7.92. The number of amides is 1. The summed E-state index contributed by atoms with van der Waals surface area (Å²) in [5.74, 6) is -0.822. The van der Waals surface area contributed by atoms with E-state index in [1.807, 2.05) is 44.2 Å². The van der Waals surface area contributed by atoms with Crippen molar-refractivity contribution in [2.24, 2.45) is 0 Å². The number of halogens is 1. The van der Waals surface area contributed by atoms with E-state index in [0.717, 1.165) is 21.2 Å². The van der Waals surface area contributed by atoms with Gasteiger partial charge >= 0.3 is 5.97 Å². The average Bonchev–Trinajstić information content (AvgIpc) is 2.54. The summed E-state index contributed by atoms with van der Waals surface area (Å²) < 4.78 is 6.02. The first-order valence-electron chi connectivity index (χ1n) is 7.21. The van der Waals surface area contributed by atoms with Gasteiger partial charge in [0, 0.05) is 11.0 Å². The number of carbonyl (C=O) groups excluding carboxylic acids is 2. The third kappa shape index (κ3) is 5.21. The normalized spacial score (nSPS) is 10.2. The molecule has 120 valence electrons. The zero-order valence-electron chi connectivity index (χ0n) is 13.1. The molecule has 0 saturated carbocycles. The highest BCUT2D eigenvalue weighted by atomic mass is 79.9. The molecule has 0 aromatic heterocycles. The Kier molecular flexibility index (Phi) is 5.93. The molecule has 2 aromatic rings. The van der Waals surface area contributed by atoms with Gasteiger partial charge in [-0.3, -0.25) is 4.79 Å². The molecular formula is C18H18BrNO3. The second-order valence-corrected chi connectivity index (χ2v) is 6.19. The van der Waals surface area contributed by atoms with Crippen LogP contribution in [-0.4, -0.2) is 18.5 Å². The minimum Gasteiger partial charge on any atom is -0.452 e. The fourth-order valence-corrected chi connectivity index (χ4v) is 2.20. The van der Waals surface area contributed by atoms with Crippen molar-refractivity contribution in [1.29, 1.82) is 0 Å². The number of benzene rings is 2. The van der Waals surface area contributed by atoms with Crippen molar-refractivity contribution < 1.29 is 14.3 Å². The lowest BCUT2D eigenvalue weighted by atomic mass is 10.1. The summed E-state index contributed by atoms with van der Waals surface area (Å²) >= 11 is 3.35. The third-order valence-corrected chi connectivity index (χ3v) is 4.01. The van der Waals surface area contributed by atoms with Gasteiger partial charge in [0.15, 0.2) is 6.61 Å². The second-order valence-electron chi connectivity index (χ2n) is 5.28. The first-order valence-corrected chi connectivity index (χ1v) is 8.00. The van der Waals surface area contributed by atoms with E-state index in [2.05, 4.69) is 21.2 Å². The predicted molar refractivity (Wildman–Crippen MR) is 92.2 cm³/mol. The van der Waals surface area contributed by atoms with Crippen LogP contribution in [0.5, 0.6) is 0 Å². The Balaban J connectivity index is 1.80. The minimum absolute atomic E-state index is 0.289. The Hall–Kier alpha value is -2.14. The van der Waals surface area contributed by atoms with Crippen molar-refractivity contribution >= 4 is 27.8 Å². The van der Waals surface area contributed by atoms with Crippen LogP contribution in [0.3, 0.4) is 0 Å². The lowest BCUT2D eigenvalue weighted by molar-refractivity contribution is -0.124. The molecule has 4 nitrogen and oxygen atoms in total. The number of aryl methyl sites for hydroxylation is 2. The van der Waals surface area contributed by atoms with Gasteiger partial charge in [0.05, 0.1) is 5.56 Å². The molecule has 0 aliphatic rings. The van der Waals surface area contributed by atoms with Gasteiger partial charge in [0.25, 0.3) is 5.91 Å². The van der Waals surface area contributed by atoms with Crippen LogP contribution in [0.25, 0.3) is 0 Å².